The molecule has 5 saturated carbocycles. The minimum absolute atomic E-state index is 0.307. The first-order chi connectivity index (χ1) is 13.6. The molecule has 0 atom stereocenters. The summed E-state index contributed by atoms with van der Waals surface area (Å²) in [6.45, 7) is 0.927. The quantitative estimate of drug-likeness (QED) is 0.786. The highest BCUT2D eigenvalue weighted by Gasteiger charge is 2.56. The van der Waals surface area contributed by atoms with Crippen LogP contribution in [-0.2, 0) is 6.54 Å². The van der Waals surface area contributed by atoms with Crippen molar-refractivity contribution in [2.45, 2.75) is 63.5 Å². The van der Waals surface area contributed by atoms with E-state index in [2.05, 4.69) is 31.4 Å². The van der Waals surface area contributed by atoms with Gasteiger partial charge in [-0.2, -0.15) is 0 Å². The average Bonchev–Trinajstić information content (AvgIpc) is 3.04. The molecule has 0 saturated heterocycles. The maximum atomic E-state index is 11.4. The van der Waals surface area contributed by atoms with Crippen molar-refractivity contribution in [3.05, 3.63) is 12.2 Å². The molecular formula is C22H27N5O. The van der Waals surface area contributed by atoms with Crippen LogP contribution in [0.1, 0.15) is 57.2 Å². The minimum atomic E-state index is -0.882. The molecule has 5 aliphatic rings. The molecule has 4 bridgehead atoms. The van der Waals surface area contributed by atoms with Gasteiger partial charge in [-0.1, -0.05) is 12.3 Å². The first kappa shape index (κ1) is 16.8. The summed E-state index contributed by atoms with van der Waals surface area (Å²) in [4.78, 5) is 13.4. The van der Waals surface area contributed by atoms with Gasteiger partial charge in [0.15, 0.2) is 11.5 Å². The second kappa shape index (κ2) is 5.93. The van der Waals surface area contributed by atoms with Gasteiger partial charge in [-0.25, -0.2) is 15.0 Å². The van der Waals surface area contributed by atoms with Crippen molar-refractivity contribution >= 4 is 17.0 Å². The van der Waals surface area contributed by atoms with Crippen LogP contribution in [0, 0.1) is 41.4 Å². The fraction of sp³-hybridized carbons (Fsp3) is 0.682. The van der Waals surface area contributed by atoms with Crippen molar-refractivity contribution in [2.75, 3.05) is 5.73 Å². The number of anilines is 1. The molecule has 0 spiro atoms. The lowest BCUT2D eigenvalue weighted by molar-refractivity contribution is -0.136. The van der Waals surface area contributed by atoms with E-state index in [1.807, 2.05) is 6.33 Å². The second-order valence-corrected chi connectivity index (χ2v) is 9.68. The van der Waals surface area contributed by atoms with E-state index in [1.54, 1.807) is 0 Å². The third-order valence-electron chi connectivity index (χ3n) is 7.93. The van der Waals surface area contributed by atoms with Crippen molar-refractivity contribution < 1.29 is 5.11 Å². The highest BCUT2D eigenvalue weighted by atomic mass is 16.3. The van der Waals surface area contributed by atoms with Crippen LogP contribution < -0.4 is 5.73 Å². The van der Waals surface area contributed by atoms with E-state index in [0.29, 0.717) is 34.9 Å². The van der Waals surface area contributed by atoms with Crippen molar-refractivity contribution in [2.24, 2.45) is 29.6 Å². The Morgan fingerprint density at radius 2 is 1.82 bits per heavy atom. The van der Waals surface area contributed by atoms with Crippen LogP contribution in [0.4, 0.5) is 5.82 Å². The summed E-state index contributed by atoms with van der Waals surface area (Å²) in [6.07, 6.45) is 11.5. The zero-order valence-corrected chi connectivity index (χ0v) is 16.1. The van der Waals surface area contributed by atoms with Gasteiger partial charge >= 0.3 is 0 Å². The van der Waals surface area contributed by atoms with Crippen LogP contribution in [0.5, 0.6) is 0 Å². The van der Waals surface area contributed by atoms with Gasteiger partial charge in [-0.15, -0.1) is 0 Å². The number of aromatic nitrogens is 4. The summed E-state index contributed by atoms with van der Waals surface area (Å²) >= 11 is 0. The Morgan fingerprint density at radius 1 is 1.11 bits per heavy atom. The summed E-state index contributed by atoms with van der Waals surface area (Å²) in [7, 11) is 0. The van der Waals surface area contributed by atoms with E-state index in [9.17, 15) is 5.11 Å². The molecule has 5 aliphatic carbocycles. The van der Waals surface area contributed by atoms with Crippen LogP contribution >= 0.6 is 0 Å². The maximum Gasteiger partial charge on any atom is 0.209 e. The van der Waals surface area contributed by atoms with Gasteiger partial charge in [0.2, 0.25) is 5.82 Å². The minimum Gasteiger partial charge on any atom is -0.382 e. The number of fused-ring (bicyclic) bond motifs is 1. The van der Waals surface area contributed by atoms with E-state index in [4.69, 9.17) is 5.73 Å². The highest BCUT2D eigenvalue weighted by Crippen LogP contribution is 2.58. The molecule has 2 heterocycles. The third kappa shape index (κ3) is 2.49. The lowest BCUT2D eigenvalue weighted by Crippen LogP contribution is -2.56. The van der Waals surface area contributed by atoms with E-state index in [-0.39, 0.29) is 0 Å². The first-order valence-electron chi connectivity index (χ1n) is 10.8. The molecule has 6 heteroatoms. The highest BCUT2D eigenvalue weighted by molar-refractivity contribution is 5.81. The van der Waals surface area contributed by atoms with Crippen molar-refractivity contribution in [3.63, 3.8) is 0 Å². The number of imidazole rings is 1. The molecule has 0 aliphatic heterocycles. The average molecular weight is 377 g/mol. The smallest absolute Gasteiger partial charge is 0.209 e. The largest absolute Gasteiger partial charge is 0.382 e. The molecule has 0 unspecified atom stereocenters. The molecule has 7 rings (SSSR count). The monoisotopic (exact) mass is 377 g/mol. The molecule has 5 fully saturated rings. The number of aliphatic hydroxyl groups is 1. The summed E-state index contributed by atoms with van der Waals surface area (Å²) < 4.78 is 2.08. The summed E-state index contributed by atoms with van der Waals surface area (Å²) in [6, 6.07) is 0. The zero-order chi connectivity index (χ0) is 18.9. The van der Waals surface area contributed by atoms with Crippen LogP contribution in [0.3, 0.4) is 0 Å². The molecule has 0 amide bonds. The SMILES string of the molecule is Nc1nc(C#CC2(O)C3CC4CC(C3)CC2C4)nc2c1ncn2CC1CCC1. The van der Waals surface area contributed by atoms with E-state index in [0.717, 1.165) is 49.7 Å². The zero-order valence-electron chi connectivity index (χ0n) is 16.1. The molecule has 0 aromatic carbocycles. The number of nitrogen functional groups attached to an aromatic ring is 1. The van der Waals surface area contributed by atoms with Gasteiger partial charge in [0.05, 0.1) is 6.33 Å². The van der Waals surface area contributed by atoms with Crippen molar-refractivity contribution in [1.82, 2.24) is 19.5 Å². The normalized spacial score (nSPS) is 36.3. The standard InChI is InChI=1S/C22H27N5O/c23-20-19-21(27(12-24-19)11-13-2-1-3-13)26-18(25-20)4-5-22(28)16-7-14-6-15(9-16)10-17(22)8-14/h12-17,28H,1-3,6-11H2,(H2,23,25,26). The van der Waals surface area contributed by atoms with Crippen LogP contribution in [0.25, 0.3) is 11.2 Å². The van der Waals surface area contributed by atoms with Crippen LogP contribution in [0.15, 0.2) is 6.33 Å². The number of hydrogen-bond donors (Lipinski definition) is 2. The van der Waals surface area contributed by atoms with E-state index < -0.39 is 5.60 Å². The second-order valence-electron chi connectivity index (χ2n) is 9.68. The fourth-order valence-electron chi connectivity index (χ4n) is 6.37. The third-order valence-corrected chi connectivity index (χ3v) is 7.93. The van der Waals surface area contributed by atoms with E-state index >= 15 is 0 Å². The van der Waals surface area contributed by atoms with Crippen molar-refractivity contribution in [1.29, 1.82) is 0 Å². The van der Waals surface area contributed by atoms with Gasteiger partial charge in [0.1, 0.15) is 11.1 Å². The Labute approximate surface area is 165 Å². The summed E-state index contributed by atoms with van der Waals surface area (Å²) in [5.74, 6) is 10.0. The summed E-state index contributed by atoms with van der Waals surface area (Å²) in [5, 5.41) is 11.4. The van der Waals surface area contributed by atoms with Gasteiger partial charge in [-0.3, -0.25) is 0 Å². The Bertz CT molecular complexity index is 968. The maximum absolute atomic E-state index is 11.4. The number of rotatable bonds is 2. The van der Waals surface area contributed by atoms with Crippen molar-refractivity contribution in [3.8, 4) is 11.8 Å². The number of hydrogen-bond acceptors (Lipinski definition) is 5. The van der Waals surface area contributed by atoms with Gasteiger partial charge < -0.3 is 15.4 Å². The Hall–Kier alpha value is -2.13. The van der Waals surface area contributed by atoms with Crippen LogP contribution in [0.2, 0.25) is 0 Å². The van der Waals surface area contributed by atoms with Gasteiger partial charge in [-0.05, 0) is 80.5 Å². The predicted molar refractivity (Wildman–Crippen MR) is 106 cm³/mol. The molecule has 2 aromatic heterocycles. The first-order valence-corrected chi connectivity index (χ1v) is 10.8. The molecule has 0 radical (unpaired) electrons. The molecule has 6 nitrogen and oxygen atoms in total. The molecule has 146 valence electrons. The molecule has 28 heavy (non-hydrogen) atoms. The Balaban J connectivity index is 1.34. The van der Waals surface area contributed by atoms with E-state index in [1.165, 1.54) is 25.7 Å². The fourth-order valence-corrected chi connectivity index (χ4v) is 6.37. The molecule has 3 N–H and O–H groups in total. The summed E-state index contributed by atoms with van der Waals surface area (Å²) in [5.41, 5.74) is 6.68. The lowest BCUT2D eigenvalue weighted by Gasteiger charge is -2.56. The van der Waals surface area contributed by atoms with Gasteiger partial charge in [0.25, 0.3) is 0 Å². The molecule has 2 aromatic rings. The number of nitrogens with zero attached hydrogens (tertiary/aromatic N) is 4. The Kier molecular flexibility index (Phi) is 3.56. The number of nitrogens with two attached hydrogens (primary N) is 1. The lowest BCUT2D eigenvalue weighted by atomic mass is 9.50. The van der Waals surface area contributed by atoms with Gasteiger partial charge in [0, 0.05) is 6.54 Å². The van der Waals surface area contributed by atoms with Crippen LogP contribution in [-0.4, -0.2) is 30.2 Å². The Morgan fingerprint density at radius 3 is 2.46 bits per heavy atom. The topological polar surface area (TPSA) is 89.8 Å². The predicted octanol–water partition coefficient (Wildman–Crippen LogP) is 2.75. The molecular weight excluding hydrogens is 350 g/mol.